The molecule has 0 bridgehead atoms. The van der Waals surface area contributed by atoms with Gasteiger partial charge in [0.25, 0.3) is 0 Å². The summed E-state index contributed by atoms with van der Waals surface area (Å²) in [5, 5.41) is 9.76. The van der Waals surface area contributed by atoms with Crippen molar-refractivity contribution in [3.05, 3.63) is 33.3 Å². The molecule has 0 aliphatic rings. The van der Waals surface area contributed by atoms with Gasteiger partial charge in [0.1, 0.15) is 0 Å². The number of hydrogen-bond acceptors (Lipinski definition) is 2. The highest BCUT2D eigenvalue weighted by molar-refractivity contribution is 9.10. The Kier molecular flexibility index (Phi) is 5.76. The van der Waals surface area contributed by atoms with Gasteiger partial charge >= 0.3 is 0 Å². The first-order valence-corrected chi connectivity index (χ1v) is 6.50. The number of hydrogen-bond donors (Lipinski definition) is 1. The molecule has 2 nitrogen and oxygen atoms in total. The first-order chi connectivity index (χ1) is 7.54. The second-order valence-electron chi connectivity index (χ2n) is 4.02. The van der Waals surface area contributed by atoms with Crippen LogP contribution in [0.15, 0.2) is 22.7 Å². The maximum Gasteiger partial charge on any atom is 0.0558 e. The monoisotopic (exact) mass is 305 g/mol. The van der Waals surface area contributed by atoms with E-state index in [-0.39, 0.29) is 6.61 Å². The number of rotatable bonds is 5. The van der Waals surface area contributed by atoms with Gasteiger partial charge in [0.05, 0.1) is 6.61 Å². The minimum Gasteiger partial charge on any atom is -0.395 e. The molecule has 90 valence electrons. The third kappa shape index (κ3) is 4.06. The van der Waals surface area contributed by atoms with Crippen molar-refractivity contribution in [3.8, 4) is 0 Å². The molecule has 0 fully saturated rings. The van der Waals surface area contributed by atoms with E-state index >= 15 is 0 Å². The molecule has 1 N–H and O–H groups in total. The van der Waals surface area contributed by atoms with Gasteiger partial charge in [-0.2, -0.15) is 0 Å². The number of halogens is 2. The number of aliphatic hydroxyl groups is 1. The van der Waals surface area contributed by atoms with Gasteiger partial charge in [0.15, 0.2) is 0 Å². The van der Waals surface area contributed by atoms with Crippen LogP contribution in [0, 0.1) is 0 Å². The van der Waals surface area contributed by atoms with E-state index in [4.69, 9.17) is 16.7 Å². The molecule has 1 rings (SSSR count). The zero-order valence-corrected chi connectivity index (χ0v) is 11.9. The second-order valence-corrected chi connectivity index (χ2v) is 5.35. The Morgan fingerprint density at radius 2 is 2.12 bits per heavy atom. The summed E-state index contributed by atoms with van der Waals surface area (Å²) >= 11 is 9.54. The molecule has 4 heteroatoms. The highest BCUT2D eigenvalue weighted by atomic mass is 79.9. The third-order valence-corrected chi connectivity index (χ3v) is 3.35. The van der Waals surface area contributed by atoms with Crippen LogP contribution in [0.5, 0.6) is 0 Å². The zero-order chi connectivity index (χ0) is 12.1. The molecular weight excluding hydrogens is 289 g/mol. The van der Waals surface area contributed by atoms with Crippen LogP contribution in [0.4, 0.5) is 0 Å². The molecule has 0 unspecified atom stereocenters. The fraction of sp³-hybridized carbons (Fsp3) is 0.500. The summed E-state index contributed by atoms with van der Waals surface area (Å²) in [4.78, 5) is 2.19. The summed E-state index contributed by atoms with van der Waals surface area (Å²) < 4.78 is 0.986. The Morgan fingerprint density at radius 3 is 2.62 bits per heavy atom. The average molecular weight is 307 g/mol. The van der Waals surface area contributed by atoms with Gasteiger partial charge in [0.2, 0.25) is 0 Å². The quantitative estimate of drug-likeness (QED) is 0.902. The SMILES string of the molecule is CC(C)N(CCO)Cc1ccc(Br)cc1Cl. The van der Waals surface area contributed by atoms with Gasteiger partial charge in [-0.05, 0) is 31.5 Å². The first-order valence-electron chi connectivity index (χ1n) is 5.33. The van der Waals surface area contributed by atoms with Gasteiger partial charge in [-0.25, -0.2) is 0 Å². The fourth-order valence-corrected chi connectivity index (χ4v) is 2.25. The maximum atomic E-state index is 8.99. The Bertz CT molecular complexity index is 344. The molecule has 0 spiro atoms. The van der Waals surface area contributed by atoms with Crippen LogP contribution in [0.1, 0.15) is 19.4 Å². The molecule has 0 saturated carbocycles. The van der Waals surface area contributed by atoms with Crippen LogP contribution < -0.4 is 0 Å². The van der Waals surface area contributed by atoms with E-state index < -0.39 is 0 Å². The van der Waals surface area contributed by atoms with E-state index in [1.54, 1.807) is 0 Å². The molecule has 0 heterocycles. The van der Waals surface area contributed by atoms with E-state index in [1.165, 1.54) is 0 Å². The standard InChI is InChI=1S/C12H17BrClNO/c1-9(2)15(5-6-16)8-10-3-4-11(13)7-12(10)14/h3-4,7,9,16H,5-6,8H2,1-2H3. The summed E-state index contributed by atoms with van der Waals surface area (Å²) in [6.45, 7) is 5.84. The Morgan fingerprint density at radius 1 is 1.44 bits per heavy atom. The van der Waals surface area contributed by atoms with E-state index in [0.717, 1.165) is 21.6 Å². The zero-order valence-electron chi connectivity index (χ0n) is 9.58. The van der Waals surface area contributed by atoms with Gasteiger partial charge in [-0.15, -0.1) is 0 Å². The molecule has 0 aromatic heterocycles. The van der Waals surface area contributed by atoms with Gasteiger partial charge < -0.3 is 5.11 Å². The molecule has 1 aromatic rings. The van der Waals surface area contributed by atoms with Crippen molar-refractivity contribution in [1.82, 2.24) is 4.90 Å². The largest absolute Gasteiger partial charge is 0.395 e. The number of aliphatic hydroxyl groups excluding tert-OH is 1. The lowest BCUT2D eigenvalue weighted by Gasteiger charge is -2.26. The molecule has 0 aliphatic heterocycles. The van der Waals surface area contributed by atoms with Crippen molar-refractivity contribution in [2.45, 2.75) is 26.4 Å². The van der Waals surface area contributed by atoms with Gasteiger partial charge in [0, 0.05) is 28.6 Å². The first kappa shape index (κ1) is 14.0. The predicted octanol–water partition coefficient (Wildman–Crippen LogP) is 3.31. The van der Waals surface area contributed by atoms with Gasteiger partial charge in [-0.1, -0.05) is 33.6 Å². The van der Waals surface area contributed by atoms with Crippen molar-refractivity contribution >= 4 is 27.5 Å². The molecule has 1 aromatic carbocycles. The number of nitrogens with zero attached hydrogens (tertiary/aromatic N) is 1. The van der Waals surface area contributed by atoms with Crippen LogP contribution in [0.25, 0.3) is 0 Å². The Labute approximate surface area is 110 Å². The van der Waals surface area contributed by atoms with Crippen LogP contribution in [0.3, 0.4) is 0 Å². The van der Waals surface area contributed by atoms with E-state index in [0.29, 0.717) is 12.6 Å². The van der Waals surface area contributed by atoms with Crippen molar-refractivity contribution in [2.75, 3.05) is 13.2 Å². The number of benzene rings is 1. The summed E-state index contributed by atoms with van der Waals surface area (Å²) in [6, 6.07) is 6.29. The van der Waals surface area contributed by atoms with E-state index in [2.05, 4.69) is 34.7 Å². The maximum absolute atomic E-state index is 8.99. The van der Waals surface area contributed by atoms with Crippen molar-refractivity contribution in [1.29, 1.82) is 0 Å². The summed E-state index contributed by atoms with van der Waals surface area (Å²) in [5.74, 6) is 0. The average Bonchev–Trinajstić information content (AvgIpc) is 2.20. The summed E-state index contributed by atoms with van der Waals surface area (Å²) in [7, 11) is 0. The minimum absolute atomic E-state index is 0.173. The van der Waals surface area contributed by atoms with Crippen molar-refractivity contribution in [3.63, 3.8) is 0 Å². The normalized spacial score (nSPS) is 11.4. The second kappa shape index (κ2) is 6.60. The van der Waals surface area contributed by atoms with Crippen LogP contribution in [-0.2, 0) is 6.54 Å². The molecule has 0 aliphatic carbocycles. The predicted molar refractivity (Wildman–Crippen MR) is 71.8 cm³/mol. The smallest absolute Gasteiger partial charge is 0.0558 e. The van der Waals surface area contributed by atoms with Crippen LogP contribution in [0.2, 0.25) is 5.02 Å². The minimum atomic E-state index is 0.173. The summed E-state index contributed by atoms with van der Waals surface area (Å²) in [6.07, 6.45) is 0. The van der Waals surface area contributed by atoms with Gasteiger partial charge in [-0.3, -0.25) is 4.90 Å². The third-order valence-electron chi connectivity index (χ3n) is 2.51. The van der Waals surface area contributed by atoms with E-state index in [9.17, 15) is 0 Å². The fourth-order valence-electron chi connectivity index (χ4n) is 1.52. The highest BCUT2D eigenvalue weighted by Crippen LogP contribution is 2.23. The Hall–Kier alpha value is -0.0900. The Balaban J connectivity index is 2.77. The lowest BCUT2D eigenvalue weighted by Crippen LogP contribution is -2.32. The molecular formula is C12H17BrClNO. The highest BCUT2D eigenvalue weighted by Gasteiger charge is 2.11. The van der Waals surface area contributed by atoms with Crippen molar-refractivity contribution < 1.29 is 5.11 Å². The molecule has 0 radical (unpaired) electrons. The van der Waals surface area contributed by atoms with Crippen LogP contribution >= 0.6 is 27.5 Å². The molecule has 16 heavy (non-hydrogen) atoms. The molecule has 0 saturated heterocycles. The summed E-state index contributed by atoms with van der Waals surface area (Å²) in [5.41, 5.74) is 1.09. The lowest BCUT2D eigenvalue weighted by molar-refractivity contribution is 0.159. The van der Waals surface area contributed by atoms with Crippen molar-refractivity contribution in [2.24, 2.45) is 0 Å². The topological polar surface area (TPSA) is 23.5 Å². The lowest BCUT2D eigenvalue weighted by atomic mass is 10.2. The van der Waals surface area contributed by atoms with Crippen LogP contribution in [-0.4, -0.2) is 29.2 Å². The molecule has 0 atom stereocenters. The van der Waals surface area contributed by atoms with E-state index in [1.807, 2.05) is 18.2 Å². The molecule has 0 amide bonds.